The van der Waals surface area contributed by atoms with Crippen molar-refractivity contribution in [1.29, 1.82) is 0 Å². The maximum atomic E-state index is 13.3. The minimum absolute atomic E-state index is 0.114. The maximum Gasteiger partial charge on any atom is 0.218 e. The lowest BCUT2D eigenvalue weighted by molar-refractivity contribution is 0.405. The number of benzene rings is 2. The zero-order valence-electron chi connectivity index (χ0n) is 13.5. The molecule has 0 aromatic heterocycles. The second-order valence-corrected chi connectivity index (χ2v) is 7.94. The second kappa shape index (κ2) is 6.91. The van der Waals surface area contributed by atoms with Crippen LogP contribution in [0.4, 0.5) is 4.39 Å². The van der Waals surface area contributed by atoms with Crippen LogP contribution in [0.25, 0.3) is 0 Å². The zero-order chi connectivity index (χ0) is 17.2. The predicted octanol–water partition coefficient (Wildman–Crippen LogP) is 3.15. The average Bonchev–Trinajstić information content (AvgIpc) is 3.05. The van der Waals surface area contributed by atoms with Gasteiger partial charge in [-0.25, -0.2) is 17.1 Å². The van der Waals surface area contributed by atoms with Crippen molar-refractivity contribution in [1.82, 2.24) is 4.31 Å². The normalized spacial score (nSPS) is 18.7. The number of ether oxygens (including phenoxy) is 1. The van der Waals surface area contributed by atoms with Crippen LogP contribution in [0.5, 0.6) is 5.75 Å². The lowest BCUT2D eigenvalue weighted by Crippen LogP contribution is -2.29. The van der Waals surface area contributed by atoms with E-state index in [4.69, 9.17) is 4.74 Å². The SMILES string of the molecule is COc1ccccc1C1CCN(S(=O)(=O)Cc2cccc(F)c2)C1. The fourth-order valence-electron chi connectivity index (χ4n) is 3.17. The van der Waals surface area contributed by atoms with Crippen LogP contribution in [0.15, 0.2) is 48.5 Å². The lowest BCUT2D eigenvalue weighted by Gasteiger charge is -2.18. The molecule has 0 aliphatic carbocycles. The van der Waals surface area contributed by atoms with Gasteiger partial charge in [-0.2, -0.15) is 0 Å². The number of nitrogens with zero attached hydrogens (tertiary/aromatic N) is 1. The summed E-state index contributed by atoms with van der Waals surface area (Å²) in [5.41, 5.74) is 1.50. The van der Waals surface area contributed by atoms with Gasteiger partial charge in [0.1, 0.15) is 11.6 Å². The van der Waals surface area contributed by atoms with Crippen LogP contribution in [0, 0.1) is 5.82 Å². The van der Waals surface area contributed by atoms with E-state index in [9.17, 15) is 12.8 Å². The first-order valence-corrected chi connectivity index (χ1v) is 9.46. The fraction of sp³-hybridized carbons (Fsp3) is 0.333. The molecule has 3 rings (SSSR count). The van der Waals surface area contributed by atoms with Crippen molar-refractivity contribution in [2.75, 3.05) is 20.2 Å². The van der Waals surface area contributed by atoms with Gasteiger partial charge < -0.3 is 4.74 Å². The van der Waals surface area contributed by atoms with E-state index in [1.54, 1.807) is 13.2 Å². The van der Waals surface area contributed by atoms with Gasteiger partial charge in [0.2, 0.25) is 10.0 Å². The van der Waals surface area contributed by atoms with E-state index in [-0.39, 0.29) is 11.7 Å². The third kappa shape index (κ3) is 3.60. The first-order valence-electron chi connectivity index (χ1n) is 7.85. The van der Waals surface area contributed by atoms with Gasteiger partial charge in [0.05, 0.1) is 12.9 Å². The van der Waals surface area contributed by atoms with Gasteiger partial charge in [0, 0.05) is 19.0 Å². The Balaban J connectivity index is 1.75. The van der Waals surface area contributed by atoms with Crippen molar-refractivity contribution in [3.8, 4) is 5.75 Å². The highest BCUT2D eigenvalue weighted by molar-refractivity contribution is 7.88. The minimum Gasteiger partial charge on any atom is -0.496 e. The topological polar surface area (TPSA) is 46.6 Å². The largest absolute Gasteiger partial charge is 0.496 e. The van der Waals surface area contributed by atoms with E-state index in [1.807, 2.05) is 24.3 Å². The molecule has 0 N–H and O–H groups in total. The molecule has 1 unspecified atom stereocenters. The van der Waals surface area contributed by atoms with Gasteiger partial charge in [0.15, 0.2) is 0 Å². The molecule has 2 aromatic carbocycles. The van der Waals surface area contributed by atoms with Gasteiger partial charge in [-0.3, -0.25) is 0 Å². The van der Waals surface area contributed by atoms with Crippen LogP contribution in [0.2, 0.25) is 0 Å². The number of methoxy groups -OCH3 is 1. The van der Waals surface area contributed by atoms with Gasteiger partial charge in [0.25, 0.3) is 0 Å². The summed E-state index contributed by atoms with van der Waals surface area (Å²) >= 11 is 0. The van der Waals surface area contributed by atoms with Crippen molar-refractivity contribution in [2.45, 2.75) is 18.1 Å². The summed E-state index contributed by atoms with van der Waals surface area (Å²) in [6, 6.07) is 13.4. The molecule has 1 saturated heterocycles. The monoisotopic (exact) mass is 349 g/mol. The Labute approximate surface area is 141 Å². The highest BCUT2D eigenvalue weighted by Crippen LogP contribution is 2.34. The average molecular weight is 349 g/mol. The third-order valence-corrected chi connectivity index (χ3v) is 6.18. The summed E-state index contributed by atoms with van der Waals surface area (Å²) in [4.78, 5) is 0. The molecule has 6 heteroatoms. The van der Waals surface area contributed by atoms with Gasteiger partial charge in [-0.1, -0.05) is 30.3 Å². The van der Waals surface area contributed by atoms with Gasteiger partial charge in [-0.05, 0) is 35.7 Å². The maximum absolute atomic E-state index is 13.3. The standard InChI is InChI=1S/C18H20FNO3S/c1-23-18-8-3-2-7-17(18)15-9-10-20(12-15)24(21,22)13-14-5-4-6-16(19)11-14/h2-8,11,15H,9-10,12-13H2,1H3. The van der Waals surface area contributed by atoms with Crippen LogP contribution in [0.3, 0.4) is 0 Å². The van der Waals surface area contributed by atoms with Crippen molar-refractivity contribution in [3.05, 3.63) is 65.5 Å². The first-order chi connectivity index (χ1) is 11.5. The van der Waals surface area contributed by atoms with Gasteiger partial charge >= 0.3 is 0 Å². The number of halogens is 1. The fourth-order valence-corrected chi connectivity index (χ4v) is 4.74. The highest BCUT2D eigenvalue weighted by atomic mass is 32.2. The summed E-state index contributed by atoms with van der Waals surface area (Å²) in [5, 5.41) is 0. The van der Waals surface area contributed by atoms with Gasteiger partial charge in [-0.15, -0.1) is 0 Å². The third-order valence-electron chi connectivity index (χ3n) is 4.36. The Morgan fingerprint density at radius 2 is 2.00 bits per heavy atom. The minimum atomic E-state index is -3.46. The van der Waals surface area contributed by atoms with Crippen LogP contribution in [0.1, 0.15) is 23.5 Å². The van der Waals surface area contributed by atoms with Crippen LogP contribution in [-0.2, 0) is 15.8 Å². The molecule has 128 valence electrons. The summed E-state index contributed by atoms with van der Waals surface area (Å²) in [7, 11) is -1.85. The number of sulfonamides is 1. The zero-order valence-corrected chi connectivity index (χ0v) is 14.3. The quantitative estimate of drug-likeness (QED) is 0.833. The number of para-hydroxylation sites is 1. The molecule has 1 fully saturated rings. The van der Waals surface area contributed by atoms with E-state index in [1.165, 1.54) is 22.5 Å². The molecule has 1 aliphatic heterocycles. The van der Waals surface area contributed by atoms with Crippen molar-refractivity contribution in [3.63, 3.8) is 0 Å². The van der Waals surface area contributed by atoms with Crippen LogP contribution < -0.4 is 4.74 Å². The molecule has 1 atom stereocenters. The summed E-state index contributed by atoms with van der Waals surface area (Å²) < 4.78 is 45.4. The Bertz CT molecular complexity index is 823. The Hall–Kier alpha value is -1.92. The Morgan fingerprint density at radius 1 is 1.21 bits per heavy atom. The predicted molar refractivity (Wildman–Crippen MR) is 90.9 cm³/mol. The number of hydrogen-bond acceptors (Lipinski definition) is 3. The van der Waals surface area contributed by atoms with E-state index in [0.717, 1.165) is 17.7 Å². The highest BCUT2D eigenvalue weighted by Gasteiger charge is 2.33. The summed E-state index contributed by atoms with van der Waals surface area (Å²) in [6.45, 7) is 0.901. The Kier molecular flexibility index (Phi) is 4.87. The molecule has 1 heterocycles. The molecule has 0 amide bonds. The molecule has 0 spiro atoms. The molecule has 24 heavy (non-hydrogen) atoms. The molecule has 2 aromatic rings. The van der Waals surface area contributed by atoms with E-state index in [0.29, 0.717) is 18.7 Å². The van der Waals surface area contributed by atoms with E-state index in [2.05, 4.69) is 0 Å². The van der Waals surface area contributed by atoms with Crippen molar-refractivity contribution >= 4 is 10.0 Å². The number of rotatable bonds is 5. The van der Waals surface area contributed by atoms with Crippen molar-refractivity contribution in [2.24, 2.45) is 0 Å². The van der Waals surface area contributed by atoms with E-state index >= 15 is 0 Å². The molecule has 0 saturated carbocycles. The Morgan fingerprint density at radius 3 is 2.75 bits per heavy atom. The van der Waals surface area contributed by atoms with Crippen LogP contribution in [-0.4, -0.2) is 32.9 Å². The lowest BCUT2D eigenvalue weighted by atomic mass is 9.97. The summed E-state index contributed by atoms with van der Waals surface area (Å²) in [5.74, 6) is 0.301. The smallest absolute Gasteiger partial charge is 0.218 e. The molecular weight excluding hydrogens is 329 g/mol. The second-order valence-electron chi connectivity index (χ2n) is 5.97. The molecule has 1 aliphatic rings. The number of hydrogen-bond donors (Lipinski definition) is 0. The molecule has 4 nitrogen and oxygen atoms in total. The summed E-state index contributed by atoms with van der Waals surface area (Å²) in [6.07, 6.45) is 0.753. The first kappa shape index (κ1) is 16.9. The molecular formula is C18H20FNO3S. The van der Waals surface area contributed by atoms with E-state index < -0.39 is 15.8 Å². The van der Waals surface area contributed by atoms with Crippen molar-refractivity contribution < 1.29 is 17.5 Å². The van der Waals surface area contributed by atoms with Crippen LogP contribution >= 0.6 is 0 Å². The molecule has 0 radical (unpaired) electrons. The molecule has 0 bridgehead atoms.